The predicted octanol–water partition coefficient (Wildman–Crippen LogP) is 21.4. The minimum Gasteiger partial charge on any atom is -0.462 e. The molecule has 0 aliphatic carbocycles. The summed E-state index contributed by atoms with van der Waals surface area (Å²) in [5, 5.41) is 10.6. The van der Waals surface area contributed by atoms with E-state index >= 15 is 0 Å². The van der Waals surface area contributed by atoms with Gasteiger partial charge in [-0.15, -0.1) is 0 Å². The van der Waals surface area contributed by atoms with Gasteiger partial charge in [-0.3, -0.25) is 37.3 Å². The van der Waals surface area contributed by atoms with Gasteiger partial charge in [-0.2, -0.15) is 0 Å². The van der Waals surface area contributed by atoms with Gasteiger partial charge in [0, 0.05) is 25.7 Å². The number of aliphatic hydroxyl groups excluding tert-OH is 1. The lowest BCUT2D eigenvalue weighted by molar-refractivity contribution is -0.161. The van der Waals surface area contributed by atoms with Crippen LogP contribution in [0.2, 0.25) is 0 Å². The summed E-state index contributed by atoms with van der Waals surface area (Å²) in [7, 11) is -9.91. The van der Waals surface area contributed by atoms with Crippen molar-refractivity contribution < 1.29 is 80.2 Å². The Morgan fingerprint density at radius 3 is 0.763 bits per heavy atom. The van der Waals surface area contributed by atoms with Crippen LogP contribution < -0.4 is 0 Å². The summed E-state index contributed by atoms with van der Waals surface area (Å²) in [6.45, 7) is 11.9. The Morgan fingerprint density at radius 1 is 0.301 bits per heavy atom. The second kappa shape index (κ2) is 64.7. The third-order valence-electron chi connectivity index (χ3n) is 18.2. The van der Waals surface area contributed by atoms with Crippen LogP contribution in [-0.4, -0.2) is 96.7 Å². The predicted molar refractivity (Wildman–Crippen MR) is 377 cm³/mol. The monoisotopic (exact) mass is 1370 g/mol. The number of ether oxygens (including phenoxy) is 4. The van der Waals surface area contributed by atoms with Crippen LogP contribution >= 0.6 is 15.6 Å². The second-order valence-electron chi connectivity index (χ2n) is 27.4. The topological polar surface area (TPSA) is 237 Å². The molecule has 0 rings (SSSR count). The molecule has 0 fully saturated rings. The number of aliphatic hydroxyl groups is 1. The molecule has 3 N–H and O–H groups in total. The van der Waals surface area contributed by atoms with Crippen molar-refractivity contribution in [2.45, 2.75) is 394 Å². The van der Waals surface area contributed by atoms with Gasteiger partial charge >= 0.3 is 39.5 Å². The van der Waals surface area contributed by atoms with Gasteiger partial charge in [-0.1, -0.05) is 325 Å². The first-order chi connectivity index (χ1) is 44.8. The molecule has 0 saturated carbocycles. The van der Waals surface area contributed by atoms with Gasteiger partial charge in [0.05, 0.1) is 26.4 Å². The average molecular weight is 1370 g/mol. The van der Waals surface area contributed by atoms with Crippen LogP contribution in [0, 0.1) is 17.8 Å². The smallest absolute Gasteiger partial charge is 0.462 e. The molecule has 0 amide bonds. The van der Waals surface area contributed by atoms with Crippen LogP contribution in [-0.2, 0) is 65.4 Å². The first kappa shape index (κ1) is 91.1. The molecular formula is C74H144O17P2. The van der Waals surface area contributed by atoms with Gasteiger partial charge in [0.2, 0.25) is 0 Å². The SMILES string of the molecule is CCCCCCCCCCCCCCCCCC(=O)O[C@H](COC(=O)CCCCCCCCCCCCC(C)CC)COP(=O)(O)OC[C@@H](O)COP(=O)(O)OC[C@@H](COC(=O)CCCCCCCCCCC(C)CC)OC(=O)CCCCCCCCCCC(C)CC. The summed E-state index contributed by atoms with van der Waals surface area (Å²) < 4.78 is 68.5. The molecule has 552 valence electrons. The fourth-order valence-corrected chi connectivity index (χ4v) is 12.7. The van der Waals surface area contributed by atoms with Crippen LogP contribution in [0.4, 0.5) is 0 Å². The molecule has 0 radical (unpaired) electrons. The van der Waals surface area contributed by atoms with Gasteiger partial charge in [0.1, 0.15) is 19.3 Å². The Bertz CT molecular complexity index is 1820. The fraction of sp³-hybridized carbons (Fsp3) is 0.946. The lowest BCUT2D eigenvalue weighted by Crippen LogP contribution is -2.30. The molecule has 0 aromatic rings. The van der Waals surface area contributed by atoms with E-state index < -0.39 is 97.5 Å². The summed E-state index contributed by atoms with van der Waals surface area (Å²) in [5.41, 5.74) is 0. The van der Waals surface area contributed by atoms with Gasteiger partial charge in [-0.25, -0.2) is 9.13 Å². The lowest BCUT2D eigenvalue weighted by atomic mass is 9.99. The van der Waals surface area contributed by atoms with Crippen molar-refractivity contribution in [3.63, 3.8) is 0 Å². The van der Waals surface area contributed by atoms with E-state index in [0.29, 0.717) is 25.7 Å². The number of unbranched alkanes of at least 4 members (excludes halogenated alkanes) is 37. The Kier molecular flexibility index (Phi) is 63.4. The summed E-state index contributed by atoms with van der Waals surface area (Å²) in [6, 6.07) is 0. The highest BCUT2D eigenvalue weighted by Gasteiger charge is 2.30. The third kappa shape index (κ3) is 64.5. The summed E-state index contributed by atoms with van der Waals surface area (Å²) in [4.78, 5) is 72.8. The van der Waals surface area contributed by atoms with Gasteiger partial charge in [0.25, 0.3) is 0 Å². The Labute approximate surface area is 568 Å². The largest absolute Gasteiger partial charge is 0.472 e. The zero-order valence-corrected chi connectivity index (χ0v) is 62.5. The van der Waals surface area contributed by atoms with E-state index in [0.717, 1.165) is 108 Å². The van der Waals surface area contributed by atoms with Crippen LogP contribution in [0.25, 0.3) is 0 Å². The van der Waals surface area contributed by atoms with Crippen molar-refractivity contribution in [3.8, 4) is 0 Å². The summed E-state index contributed by atoms with van der Waals surface area (Å²) >= 11 is 0. The quantitative estimate of drug-likeness (QED) is 0.0222. The number of hydrogen-bond donors (Lipinski definition) is 3. The molecular weight excluding hydrogens is 1220 g/mol. The maximum atomic E-state index is 13.1. The lowest BCUT2D eigenvalue weighted by Gasteiger charge is -2.21. The molecule has 0 spiro atoms. The van der Waals surface area contributed by atoms with Crippen LogP contribution in [0.1, 0.15) is 376 Å². The molecule has 0 aliphatic heterocycles. The number of phosphoric ester groups is 2. The van der Waals surface area contributed by atoms with E-state index in [-0.39, 0.29) is 25.7 Å². The van der Waals surface area contributed by atoms with E-state index in [2.05, 4.69) is 48.5 Å². The molecule has 0 aromatic heterocycles. The molecule has 5 unspecified atom stereocenters. The van der Waals surface area contributed by atoms with Crippen molar-refractivity contribution in [1.82, 2.24) is 0 Å². The van der Waals surface area contributed by atoms with Crippen LogP contribution in [0.3, 0.4) is 0 Å². The Balaban J connectivity index is 5.28. The maximum absolute atomic E-state index is 13.1. The van der Waals surface area contributed by atoms with Crippen molar-refractivity contribution in [2.24, 2.45) is 17.8 Å². The average Bonchev–Trinajstić information content (AvgIpc) is 2.60. The number of rotatable bonds is 72. The van der Waals surface area contributed by atoms with Gasteiger partial charge < -0.3 is 33.8 Å². The van der Waals surface area contributed by atoms with Gasteiger partial charge in [-0.05, 0) is 43.4 Å². The Morgan fingerprint density at radius 2 is 0.516 bits per heavy atom. The maximum Gasteiger partial charge on any atom is 0.472 e. The van der Waals surface area contributed by atoms with E-state index in [1.54, 1.807) is 0 Å². The zero-order chi connectivity index (χ0) is 68.7. The molecule has 17 nitrogen and oxygen atoms in total. The van der Waals surface area contributed by atoms with Crippen molar-refractivity contribution in [3.05, 3.63) is 0 Å². The van der Waals surface area contributed by atoms with E-state index in [1.807, 2.05) is 0 Å². The number of carbonyl (C=O) groups excluding carboxylic acids is 4. The van der Waals surface area contributed by atoms with Crippen LogP contribution in [0.15, 0.2) is 0 Å². The van der Waals surface area contributed by atoms with Crippen molar-refractivity contribution >= 4 is 39.5 Å². The number of phosphoric acid groups is 2. The normalized spacial score (nSPS) is 15.0. The van der Waals surface area contributed by atoms with E-state index in [9.17, 15) is 43.2 Å². The zero-order valence-electron chi connectivity index (χ0n) is 60.7. The van der Waals surface area contributed by atoms with Crippen LogP contribution in [0.5, 0.6) is 0 Å². The van der Waals surface area contributed by atoms with E-state index in [1.165, 1.54) is 186 Å². The highest BCUT2D eigenvalue weighted by atomic mass is 31.2. The molecule has 0 aromatic carbocycles. The number of carbonyl (C=O) groups is 4. The summed E-state index contributed by atoms with van der Waals surface area (Å²) in [6.07, 6.45) is 49.7. The molecule has 0 saturated heterocycles. The minimum atomic E-state index is -4.96. The first-order valence-corrected chi connectivity index (χ1v) is 41.5. The minimum absolute atomic E-state index is 0.104. The molecule has 8 atom stereocenters. The summed E-state index contributed by atoms with van der Waals surface area (Å²) in [5.74, 6) is 0.236. The molecule has 0 aliphatic rings. The number of hydrogen-bond acceptors (Lipinski definition) is 15. The highest BCUT2D eigenvalue weighted by molar-refractivity contribution is 7.47. The van der Waals surface area contributed by atoms with Crippen molar-refractivity contribution in [1.29, 1.82) is 0 Å². The highest BCUT2D eigenvalue weighted by Crippen LogP contribution is 2.45. The molecule has 93 heavy (non-hydrogen) atoms. The number of esters is 4. The van der Waals surface area contributed by atoms with Gasteiger partial charge in [0.15, 0.2) is 12.2 Å². The Hall–Kier alpha value is -1.94. The molecule has 0 heterocycles. The first-order valence-electron chi connectivity index (χ1n) is 38.5. The molecule has 0 bridgehead atoms. The second-order valence-corrected chi connectivity index (χ2v) is 30.3. The fourth-order valence-electron chi connectivity index (χ4n) is 11.2. The standard InChI is InChI=1S/C74H144O17P2/c1-8-12-13-14-15-16-17-18-19-20-21-26-36-43-50-57-73(78)90-69(61-84-71(76)55-48-41-34-25-23-22-24-31-38-45-52-65(5)9-2)63-88-92(80,81)86-59-68(75)60-87-93(82,83)89-64-70(91-74(79)58-51-44-37-30-28-33-40-47-54-67(7)11-4)62-85-72(77)56-49-42-35-29-27-32-39-46-53-66(6)10-3/h65-70,75H,8-64H2,1-7H3,(H,80,81)(H,82,83)/t65?,66?,67?,68-,69-,70-/m1/s1. The van der Waals surface area contributed by atoms with Crippen molar-refractivity contribution in [2.75, 3.05) is 39.6 Å². The third-order valence-corrected chi connectivity index (χ3v) is 20.1. The molecule has 19 heteroatoms. The van der Waals surface area contributed by atoms with E-state index in [4.69, 9.17) is 37.0 Å².